The number of aryl methyl sites for hydroxylation is 1. The van der Waals surface area contributed by atoms with Crippen LogP contribution in [0.2, 0.25) is 10.0 Å². The van der Waals surface area contributed by atoms with Gasteiger partial charge in [-0.3, -0.25) is 9.78 Å². The topological polar surface area (TPSA) is 164 Å². The average Bonchev–Trinajstić information content (AvgIpc) is 3.86. The molecule has 0 spiro atoms. The fourth-order valence-electron chi connectivity index (χ4n) is 5.36. The zero-order chi connectivity index (χ0) is 32.6. The van der Waals surface area contributed by atoms with Crippen molar-refractivity contribution in [3.05, 3.63) is 81.6 Å². The molecule has 0 radical (unpaired) electrons. The van der Waals surface area contributed by atoms with E-state index in [1.165, 1.54) is 0 Å². The van der Waals surface area contributed by atoms with Crippen LogP contribution in [0.1, 0.15) is 48.8 Å². The number of nitrogens with one attached hydrogen (secondary N) is 2. The number of aliphatic hydroxyl groups is 5. The molecule has 0 saturated heterocycles. The Kier molecular flexibility index (Phi) is 12.6. The second kappa shape index (κ2) is 16.2. The van der Waals surface area contributed by atoms with Crippen molar-refractivity contribution < 1.29 is 35.1 Å². The van der Waals surface area contributed by atoms with Gasteiger partial charge < -0.3 is 40.9 Å². The van der Waals surface area contributed by atoms with Crippen LogP contribution in [0.15, 0.2) is 54.9 Å². The maximum absolute atomic E-state index is 12.2. The van der Waals surface area contributed by atoms with E-state index in [1.807, 2.05) is 48.7 Å². The molecular formula is C33H41Cl2N3O7. The lowest BCUT2D eigenvalue weighted by molar-refractivity contribution is -0.126. The summed E-state index contributed by atoms with van der Waals surface area (Å²) in [5.74, 6) is 0.471. The number of aliphatic hydroxyl groups excluding tert-OH is 5. The van der Waals surface area contributed by atoms with Crippen molar-refractivity contribution in [1.82, 2.24) is 15.6 Å². The Hall–Kier alpha value is -2.80. The first-order valence-corrected chi connectivity index (χ1v) is 15.7. The molecule has 1 amide bonds. The van der Waals surface area contributed by atoms with E-state index >= 15 is 0 Å². The highest BCUT2D eigenvalue weighted by Crippen LogP contribution is 2.50. The number of methoxy groups -OCH3 is 1. The number of benzene rings is 2. The second-order valence-corrected chi connectivity index (χ2v) is 12.2. The molecule has 10 nitrogen and oxygen atoms in total. The molecule has 1 aromatic heterocycles. The number of ether oxygens (including phenoxy) is 1. The Morgan fingerprint density at radius 1 is 0.978 bits per heavy atom. The summed E-state index contributed by atoms with van der Waals surface area (Å²) in [4.78, 5) is 16.6. The van der Waals surface area contributed by atoms with Crippen molar-refractivity contribution in [2.75, 3.05) is 20.3 Å². The fraction of sp³-hybridized carbons (Fsp3) is 0.455. The minimum Gasteiger partial charge on any atom is -0.496 e. The number of rotatable bonds is 17. The summed E-state index contributed by atoms with van der Waals surface area (Å²) in [6.07, 6.45) is 1.09. The number of hydrogen-bond donors (Lipinski definition) is 7. The van der Waals surface area contributed by atoms with E-state index in [0.717, 1.165) is 46.4 Å². The highest BCUT2D eigenvalue weighted by molar-refractivity contribution is 6.34. The Bertz CT molecular complexity index is 1440. The quantitative estimate of drug-likeness (QED) is 0.108. The number of carbonyl (C=O) groups excluding carboxylic acids is 1. The minimum absolute atomic E-state index is 0.186. The lowest BCUT2D eigenvalue weighted by Crippen LogP contribution is -2.49. The predicted molar refractivity (Wildman–Crippen MR) is 172 cm³/mol. The summed E-state index contributed by atoms with van der Waals surface area (Å²) in [6, 6.07) is 13.7. The van der Waals surface area contributed by atoms with Crippen LogP contribution in [0.3, 0.4) is 0 Å². The smallest absolute Gasteiger partial charge is 0.220 e. The van der Waals surface area contributed by atoms with Crippen molar-refractivity contribution >= 4 is 29.1 Å². The Morgan fingerprint density at radius 2 is 1.67 bits per heavy atom. The lowest BCUT2D eigenvalue weighted by Gasteiger charge is -2.25. The maximum Gasteiger partial charge on any atom is 0.220 e. The number of hydrogen-bond acceptors (Lipinski definition) is 9. The van der Waals surface area contributed by atoms with Crippen LogP contribution in [0.5, 0.6) is 5.75 Å². The summed E-state index contributed by atoms with van der Waals surface area (Å²) in [7, 11) is 1.67. The molecule has 0 bridgehead atoms. The number of unbranched alkanes of at least 4 members (excludes halogenated alkanes) is 1. The van der Waals surface area contributed by atoms with Crippen LogP contribution < -0.4 is 15.4 Å². The van der Waals surface area contributed by atoms with E-state index < -0.39 is 31.0 Å². The van der Waals surface area contributed by atoms with Crippen molar-refractivity contribution in [3.63, 3.8) is 0 Å². The van der Waals surface area contributed by atoms with E-state index in [0.29, 0.717) is 35.9 Å². The molecule has 45 heavy (non-hydrogen) atoms. The second-order valence-electron chi connectivity index (χ2n) is 11.4. The van der Waals surface area contributed by atoms with Crippen molar-refractivity contribution in [1.29, 1.82) is 0 Å². The minimum atomic E-state index is -1.74. The summed E-state index contributed by atoms with van der Waals surface area (Å²) in [5.41, 5.74) is 4.74. The molecule has 1 heterocycles. The van der Waals surface area contributed by atoms with Gasteiger partial charge in [-0.25, -0.2) is 0 Å². The van der Waals surface area contributed by atoms with E-state index in [2.05, 4.69) is 15.6 Å². The third kappa shape index (κ3) is 8.93. The Labute approximate surface area is 273 Å². The Balaban J connectivity index is 1.28. The molecule has 12 heteroatoms. The molecule has 4 atom stereocenters. The van der Waals surface area contributed by atoms with Gasteiger partial charge in [-0.1, -0.05) is 41.4 Å². The first kappa shape index (κ1) is 35.1. The SMILES string of the molecule is COc1ccccc1-c1ccncc1C1(NCc2cc(Cl)c(CCCCC(=O)NC[C@H](O)[C@@H](O)[C@H](O)[C@H](O)CO)cc2Cl)CC1. The molecule has 7 N–H and O–H groups in total. The van der Waals surface area contributed by atoms with E-state index in [1.54, 1.807) is 13.3 Å². The maximum atomic E-state index is 12.2. The van der Waals surface area contributed by atoms with Gasteiger partial charge in [0.1, 0.15) is 24.1 Å². The van der Waals surface area contributed by atoms with Crippen LogP contribution >= 0.6 is 23.2 Å². The normalized spacial score (nSPS) is 16.4. The zero-order valence-electron chi connectivity index (χ0n) is 25.1. The van der Waals surface area contributed by atoms with Crippen LogP contribution in [0, 0.1) is 0 Å². The van der Waals surface area contributed by atoms with Crippen LogP contribution in [-0.4, -0.2) is 81.1 Å². The van der Waals surface area contributed by atoms with E-state index in [9.17, 15) is 25.2 Å². The molecule has 244 valence electrons. The molecule has 1 fully saturated rings. The first-order valence-electron chi connectivity index (χ1n) is 15.0. The summed E-state index contributed by atoms with van der Waals surface area (Å²) < 4.78 is 5.62. The monoisotopic (exact) mass is 661 g/mol. The van der Waals surface area contributed by atoms with Gasteiger partial charge in [0.15, 0.2) is 0 Å². The van der Waals surface area contributed by atoms with Gasteiger partial charge in [0.2, 0.25) is 5.91 Å². The lowest BCUT2D eigenvalue weighted by atomic mass is 9.94. The highest BCUT2D eigenvalue weighted by Gasteiger charge is 2.45. The van der Waals surface area contributed by atoms with Crippen LogP contribution in [-0.2, 0) is 23.3 Å². The van der Waals surface area contributed by atoms with Gasteiger partial charge in [-0.15, -0.1) is 0 Å². The van der Waals surface area contributed by atoms with Gasteiger partial charge >= 0.3 is 0 Å². The standard InChI is InChI=1S/C33H41Cl2N3O7/c1-45-29-8-4-3-7-23(29)22-10-13-36-17-24(22)33(11-12-33)38-16-21-15-25(34)20(14-26(21)35)6-2-5-9-30(42)37-18-27(40)31(43)32(44)28(41)19-39/h3-4,7-8,10,13-15,17,27-28,31-32,38-41,43-44H,2,5-6,9,11-12,16,18-19H2,1H3,(H,37,42)/t27-,28+,31+,32+/m0/s1. The number of amides is 1. The van der Waals surface area contributed by atoms with Gasteiger partial charge in [0, 0.05) is 53.1 Å². The molecular weight excluding hydrogens is 621 g/mol. The number of para-hydroxylation sites is 1. The van der Waals surface area contributed by atoms with Crippen molar-refractivity contribution in [2.45, 2.75) is 75.0 Å². The molecule has 3 aromatic rings. The van der Waals surface area contributed by atoms with Crippen LogP contribution in [0.25, 0.3) is 11.1 Å². The molecule has 1 aliphatic carbocycles. The molecule has 0 aliphatic heterocycles. The van der Waals surface area contributed by atoms with E-state index in [4.69, 9.17) is 33.0 Å². The van der Waals surface area contributed by atoms with E-state index in [-0.39, 0.29) is 24.4 Å². The highest BCUT2D eigenvalue weighted by atomic mass is 35.5. The third-order valence-electron chi connectivity index (χ3n) is 8.25. The number of aromatic nitrogens is 1. The molecule has 2 aromatic carbocycles. The average molecular weight is 663 g/mol. The van der Waals surface area contributed by atoms with Gasteiger partial charge in [0.05, 0.1) is 19.8 Å². The molecule has 0 unspecified atom stereocenters. The van der Waals surface area contributed by atoms with Crippen LogP contribution in [0.4, 0.5) is 0 Å². The Morgan fingerprint density at radius 3 is 2.38 bits per heavy atom. The van der Waals surface area contributed by atoms with Gasteiger partial charge in [-0.05, 0) is 78.6 Å². The van der Waals surface area contributed by atoms with Crippen molar-refractivity contribution in [2.24, 2.45) is 0 Å². The largest absolute Gasteiger partial charge is 0.496 e. The number of carbonyl (C=O) groups is 1. The summed E-state index contributed by atoms with van der Waals surface area (Å²) >= 11 is 13.3. The van der Waals surface area contributed by atoms with Gasteiger partial charge in [0.25, 0.3) is 0 Å². The summed E-state index contributed by atoms with van der Waals surface area (Å²) in [5, 5.41) is 55.1. The van der Waals surface area contributed by atoms with Crippen molar-refractivity contribution in [3.8, 4) is 16.9 Å². The fourth-order valence-corrected chi connectivity index (χ4v) is 5.89. The number of halogens is 2. The molecule has 1 aliphatic rings. The first-order chi connectivity index (χ1) is 21.6. The zero-order valence-corrected chi connectivity index (χ0v) is 26.6. The number of nitrogens with zero attached hydrogens (tertiary/aromatic N) is 1. The predicted octanol–water partition coefficient (Wildman–Crippen LogP) is 3.11. The summed E-state index contributed by atoms with van der Waals surface area (Å²) in [6.45, 7) is -0.558. The molecule has 1 saturated carbocycles. The number of pyridine rings is 1. The third-order valence-corrected chi connectivity index (χ3v) is 8.95. The molecule has 4 rings (SSSR count). The van der Waals surface area contributed by atoms with Gasteiger partial charge in [-0.2, -0.15) is 0 Å².